The zero-order valence-corrected chi connectivity index (χ0v) is 24.3. The molecule has 4 aromatic rings. The number of alkyl halides is 2. The zero-order chi connectivity index (χ0) is 31.2. The van der Waals surface area contributed by atoms with Crippen LogP contribution in [0.5, 0.6) is 0 Å². The van der Waals surface area contributed by atoms with E-state index in [4.69, 9.17) is 0 Å². The fraction of sp³-hybridized carbons (Fsp3) is 0.312. The second-order valence-electron chi connectivity index (χ2n) is 12.3. The van der Waals surface area contributed by atoms with Gasteiger partial charge >= 0.3 is 0 Å². The van der Waals surface area contributed by atoms with Crippen LogP contribution in [-0.2, 0) is 0 Å². The smallest absolute Gasteiger partial charge is 0.262 e. The normalized spacial score (nSPS) is 16.3. The molecule has 0 amide bonds. The first-order chi connectivity index (χ1) is 21.0. The van der Waals surface area contributed by atoms with Gasteiger partial charge in [0.1, 0.15) is 23.5 Å². The SMILES string of the molecule is CC(C)(C)CNc1c(C#N)cnc2c(C#N)cc(N[C@H](C3=CN(C4(C(F)F)CC4)NN3)c3ccc(F)c4cnccc34)cc12. The third kappa shape index (κ3) is 5.18. The van der Waals surface area contributed by atoms with Gasteiger partial charge in [-0.05, 0) is 53.5 Å². The van der Waals surface area contributed by atoms with Crippen LogP contribution in [-0.4, -0.2) is 33.5 Å². The quantitative estimate of drug-likeness (QED) is 0.187. The molecular weight excluding hydrogens is 567 g/mol. The van der Waals surface area contributed by atoms with Crippen molar-refractivity contribution in [3.63, 3.8) is 0 Å². The average Bonchev–Trinajstić information content (AvgIpc) is 3.68. The highest BCUT2D eigenvalue weighted by Gasteiger charge is 2.56. The van der Waals surface area contributed by atoms with Crippen LogP contribution in [0.25, 0.3) is 21.7 Å². The van der Waals surface area contributed by atoms with Gasteiger partial charge < -0.3 is 16.1 Å². The molecule has 1 fully saturated rings. The molecule has 224 valence electrons. The van der Waals surface area contributed by atoms with E-state index in [0.717, 1.165) is 0 Å². The molecule has 0 radical (unpaired) electrons. The van der Waals surface area contributed by atoms with E-state index in [1.165, 1.54) is 23.5 Å². The first kappa shape index (κ1) is 29.0. The molecule has 2 aromatic heterocycles. The molecule has 3 heterocycles. The van der Waals surface area contributed by atoms with Crippen molar-refractivity contribution in [2.24, 2.45) is 5.41 Å². The highest BCUT2D eigenvalue weighted by atomic mass is 19.3. The number of anilines is 2. The molecule has 0 saturated heterocycles. The molecule has 1 atom stereocenters. The number of nitrogens with zero attached hydrogens (tertiary/aromatic N) is 5. The first-order valence-corrected chi connectivity index (χ1v) is 14.1. The topological polar surface area (TPSA) is 125 Å². The summed E-state index contributed by atoms with van der Waals surface area (Å²) in [7, 11) is 0. The lowest BCUT2D eigenvalue weighted by Crippen LogP contribution is -2.48. The summed E-state index contributed by atoms with van der Waals surface area (Å²) in [6.07, 6.45) is 4.16. The van der Waals surface area contributed by atoms with Crippen LogP contribution < -0.4 is 21.6 Å². The summed E-state index contributed by atoms with van der Waals surface area (Å²) >= 11 is 0. The molecule has 12 heteroatoms. The molecule has 1 aliphatic carbocycles. The fourth-order valence-corrected chi connectivity index (χ4v) is 5.43. The minimum Gasteiger partial charge on any atom is -0.383 e. The van der Waals surface area contributed by atoms with Crippen molar-refractivity contribution in [1.82, 2.24) is 25.9 Å². The Morgan fingerprint density at radius 2 is 1.82 bits per heavy atom. The van der Waals surface area contributed by atoms with Crippen LogP contribution in [0.15, 0.2) is 60.8 Å². The summed E-state index contributed by atoms with van der Waals surface area (Å²) in [5.41, 5.74) is 7.77. The lowest BCUT2D eigenvalue weighted by atomic mass is 9.95. The summed E-state index contributed by atoms with van der Waals surface area (Å²) in [6.45, 7) is 6.75. The van der Waals surface area contributed by atoms with Gasteiger partial charge in [-0.25, -0.2) is 13.2 Å². The molecule has 2 aliphatic rings. The molecule has 6 rings (SSSR count). The summed E-state index contributed by atoms with van der Waals surface area (Å²) < 4.78 is 42.8. The van der Waals surface area contributed by atoms with Crippen LogP contribution in [0.2, 0.25) is 0 Å². The molecule has 0 bridgehead atoms. The summed E-state index contributed by atoms with van der Waals surface area (Å²) in [5.74, 6) is -0.444. The van der Waals surface area contributed by atoms with E-state index in [1.54, 1.807) is 36.7 Å². The Hall–Kier alpha value is -5.07. The molecule has 0 unspecified atom stereocenters. The number of benzene rings is 2. The maximum absolute atomic E-state index is 14.8. The Bertz CT molecular complexity index is 1880. The Morgan fingerprint density at radius 1 is 1.05 bits per heavy atom. The highest BCUT2D eigenvalue weighted by molar-refractivity contribution is 5.99. The number of fused-ring (bicyclic) bond motifs is 2. The Labute approximate surface area is 252 Å². The van der Waals surface area contributed by atoms with E-state index in [-0.39, 0.29) is 11.0 Å². The molecule has 1 saturated carbocycles. The van der Waals surface area contributed by atoms with Crippen LogP contribution in [0, 0.1) is 33.9 Å². The van der Waals surface area contributed by atoms with Gasteiger partial charge in [0.15, 0.2) is 0 Å². The van der Waals surface area contributed by atoms with Crippen LogP contribution in [0.1, 0.15) is 56.3 Å². The van der Waals surface area contributed by atoms with Gasteiger partial charge in [0.05, 0.1) is 34.1 Å². The van der Waals surface area contributed by atoms with Gasteiger partial charge in [-0.2, -0.15) is 10.5 Å². The lowest BCUT2D eigenvalue weighted by Gasteiger charge is -2.25. The number of hydrogen-bond acceptors (Lipinski definition) is 9. The van der Waals surface area contributed by atoms with Gasteiger partial charge in [-0.3, -0.25) is 15.0 Å². The van der Waals surface area contributed by atoms with Crippen molar-refractivity contribution in [2.75, 3.05) is 17.2 Å². The zero-order valence-electron chi connectivity index (χ0n) is 24.3. The van der Waals surface area contributed by atoms with E-state index >= 15 is 0 Å². The van der Waals surface area contributed by atoms with E-state index in [9.17, 15) is 23.7 Å². The number of hydrazine groups is 2. The van der Waals surface area contributed by atoms with Crippen LogP contribution in [0.4, 0.5) is 24.5 Å². The minimum absolute atomic E-state index is 0.101. The van der Waals surface area contributed by atoms with E-state index in [2.05, 4.69) is 64.5 Å². The third-order valence-corrected chi connectivity index (χ3v) is 7.98. The number of aromatic nitrogens is 2. The Morgan fingerprint density at radius 3 is 2.50 bits per heavy atom. The largest absolute Gasteiger partial charge is 0.383 e. The number of halogens is 3. The van der Waals surface area contributed by atoms with Crippen molar-refractivity contribution >= 4 is 33.1 Å². The Balaban J connectivity index is 1.50. The van der Waals surface area contributed by atoms with Crippen molar-refractivity contribution in [3.8, 4) is 12.1 Å². The fourth-order valence-electron chi connectivity index (χ4n) is 5.43. The number of pyridine rings is 2. The molecule has 1 aliphatic heterocycles. The van der Waals surface area contributed by atoms with Gasteiger partial charge in [-0.1, -0.05) is 26.8 Å². The maximum atomic E-state index is 14.8. The maximum Gasteiger partial charge on any atom is 0.262 e. The predicted molar refractivity (Wildman–Crippen MR) is 161 cm³/mol. The molecule has 44 heavy (non-hydrogen) atoms. The number of nitriles is 2. The summed E-state index contributed by atoms with van der Waals surface area (Å²) in [5, 5.41) is 29.7. The highest BCUT2D eigenvalue weighted by Crippen LogP contribution is 2.47. The van der Waals surface area contributed by atoms with E-state index < -0.39 is 23.8 Å². The molecule has 4 N–H and O–H groups in total. The standard InChI is InChI=1S/C32H30F3N9/c1-31(2,3)17-40-28-19(13-37)14-39-27-18(12-36)10-20(11-23(27)28)41-29(22-4-5-25(33)24-15-38-9-6-21(22)24)26-16-44(43-42-26)32(7-8-32)30(34)35/h4-6,9-11,14-16,29-30,41-43H,7-8,17H2,1-3H3,(H,39,40)/t29-/m0/s1. The average molecular weight is 598 g/mol. The van der Waals surface area contributed by atoms with Crippen molar-refractivity contribution in [1.29, 1.82) is 10.5 Å². The van der Waals surface area contributed by atoms with Crippen molar-refractivity contribution < 1.29 is 13.2 Å². The van der Waals surface area contributed by atoms with Crippen LogP contribution in [0.3, 0.4) is 0 Å². The second kappa shape index (κ2) is 10.9. The third-order valence-electron chi connectivity index (χ3n) is 7.98. The first-order valence-electron chi connectivity index (χ1n) is 14.1. The predicted octanol–water partition coefficient (Wildman–Crippen LogP) is 6.24. The monoisotopic (exact) mass is 597 g/mol. The van der Waals surface area contributed by atoms with Crippen molar-refractivity contribution in [2.45, 2.75) is 51.6 Å². The Kier molecular flexibility index (Phi) is 7.18. The van der Waals surface area contributed by atoms with E-state index in [0.29, 0.717) is 69.3 Å². The molecule has 9 nitrogen and oxygen atoms in total. The van der Waals surface area contributed by atoms with Crippen LogP contribution >= 0.6 is 0 Å². The van der Waals surface area contributed by atoms with Gasteiger partial charge in [-0.15, -0.1) is 5.53 Å². The van der Waals surface area contributed by atoms with E-state index in [1.807, 2.05) is 0 Å². The summed E-state index contributed by atoms with van der Waals surface area (Å²) in [4.78, 5) is 8.50. The lowest BCUT2D eigenvalue weighted by molar-refractivity contribution is 0.00911. The van der Waals surface area contributed by atoms with Gasteiger partial charge in [0, 0.05) is 47.8 Å². The number of rotatable bonds is 8. The molecule has 2 aromatic carbocycles. The second-order valence-corrected chi connectivity index (χ2v) is 12.3. The number of nitrogens with one attached hydrogen (secondary N) is 4. The van der Waals surface area contributed by atoms with Crippen molar-refractivity contribution in [3.05, 3.63) is 83.3 Å². The molecule has 0 spiro atoms. The van der Waals surface area contributed by atoms with Gasteiger partial charge in [0.2, 0.25) is 0 Å². The molecular formula is C32H30F3N9. The van der Waals surface area contributed by atoms with Gasteiger partial charge in [0.25, 0.3) is 6.43 Å². The minimum atomic E-state index is -2.56. The number of hydrogen-bond donors (Lipinski definition) is 4. The summed E-state index contributed by atoms with van der Waals surface area (Å²) in [6, 6.07) is 11.8.